The first kappa shape index (κ1) is 18.6. The van der Waals surface area contributed by atoms with Crippen molar-refractivity contribution in [2.24, 2.45) is 0 Å². The molecule has 0 saturated carbocycles. The summed E-state index contributed by atoms with van der Waals surface area (Å²) in [4.78, 5) is 27.9. The maximum atomic E-state index is 12.1. The molecule has 1 heterocycles. The third kappa shape index (κ3) is 5.40. The molecule has 0 amide bonds. The number of nitrogens with zero attached hydrogens (tertiary/aromatic N) is 2. The minimum atomic E-state index is -1.02. The Balaban J connectivity index is 1.80. The lowest BCUT2D eigenvalue weighted by Crippen LogP contribution is -2.22. The fourth-order valence-corrected chi connectivity index (χ4v) is 2.87. The van der Waals surface area contributed by atoms with Crippen LogP contribution in [0.25, 0.3) is 0 Å². The molecule has 2 aromatic rings. The molecule has 0 saturated heterocycles. The minimum Gasteiger partial charge on any atom is -0.482 e. The fourth-order valence-electron chi connectivity index (χ4n) is 2.01. The number of aryl methyl sites for hydroxylation is 2. The van der Waals surface area contributed by atoms with Crippen LogP contribution in [0.3, 0.4) is 0 Å². The summed E-state index contributed by atoms with van der Waals surface area (Å²) in [5.41, 5.74) is 1.91. The summed E-state index contributed by atoms with van der Waals surface area (Å²) >= 11 is 1.24. The van der Waals surface area contributed by atoms with Crippen LogP contribution < -0.4 is 4.74 Å². The quantitative estimate of drug-likeness (QED) is 0.674. The summed E-state index contributed by atoms with van der Waals surface area (Å²) in [6, 6.07) is 9.27. The van der Waals surface area contributed by atoms with Crippen molar-refractivity contribution in [2.45, 2.75) is 26.2 Å². The zero-order chi connectivity index (χ0) is 18.2. The average Bonchev–Trinajstić information content (AvgIpc) is 3.05. The summed E-state index contributed by atoms with van der Waals surface area (Å²) in [6.45, 7) is 3.05. The topological polar surface area (TPSA) is 89.3 Å². The van der Waals surface area contributed by atoms with Crippen molar-refractivity contribution in [1.29, 1.82) is 5.26 Å². The van der Waals surface area contributed by atoms with E-state index in [0.29, 0.717) is 10.8 Å². The zero-order valence-corrected chi connectivity index (χ0v) is 14.8. The van der Waals surface area contributed by atoms with Crippen molar-refractivity contribution >= 4 is 23.1 Å². The van der Waals surface area contributed by atoms with Crippen molar-refractivity contribution in [3.05, 3.63) is 45.9 Å². The van der Waals surface area contributed by atoms with E-state index >= 15 is 0 Å². The highest BCUT2D eigenvalue weighted by Crippen LogP contribution is 2.20. The van der Waals surface area contributed by atoms with Crippen LogP contribution in [0, 0.1) is 18.3 Å². The Bertz CT molecular complexity index is 777. The average molecular weight is 358 g/mol. The van der Waals surface area contributed by atoms with E-state index in [4.69, 9.17) is 14.7 Å². The molecule has 1 aromatic carbocycles. The van der Waals surface area contributed by atoms with Gasteiger partial charge < -0.3 is 9.47 Å². The van der Waals surface area contributed by atoms with Crippen molar-refractivity contribution < 1.29 is 19.1 Å². The van der Waals surface area contributed by atoms with E-state index in [1.54, 1.807) is 24.4 Å². The van der Waals surface area contributed by atoms with Crippen LogP contribution in [0.15, 0.2) is 29.6 Å². The summed E-state index contributed by atoms with van der Waals surface area (Å²) < 4.78 is 10.2. The molecule has 0 N–H and O–H groups in total. The van der Waals surface area contributed by atoms with Gasteiger partial charge in [-0.25, -0.2) is 9.78 Å². The molecule has 0 fully saturated rings. The van der Waals surface area contributed by atoms with Crippen LogP contribution in [-0.4, -0.2) is 30.0 Å². The van der Waals surface area contributed by atoms with Gasteiger partial charge in [0.05, 0.1) is 6.07 Å². The van der Waals surface area contributed by atoms with E-state index in [1.807, 2.05) is 25.1 Å². The van der Waals surface area contributed by atoms with Crippen LogP contribution in [0.4, 0.5) is 0 Å². The predicted octanol–water partition coefficient (Wildman–Crippen LogP) is 2.81. The van der Waals surface area contributed by atoms with Gasteiger partial charge in [0.15, 0.2) is 24.9 Å². The van der Waals surface area contributed by atoms with Gasteiger partial charge in [0.2, 0.25) is 0 Å². The molecule has 7 heteroatoms. The van der Waals surface area contributed by atoms with Crippen molar-refractivity contribution in [2.75, 3.05) is 13.2 Å². The Hall–Kier alpha value is -2.72. The van der Waals surface area contributed by atoms with Gasteiger partial charge in [-0.15, -0.1) is 11.3 Å². The van der Waals surface area contributed by atoms with Crippen molar-refractivity contribution in [1.82, 2.24) is 4.98 Å². The van der Waals surface area contributed by atoms with Gasteiger partial charge in [0.1, 0.15) is 10.8 Å². The number of thiazole rings is 1. The summed E-state index contributed by atoms with van der Waals surface area (Å²) in [5, 5.41) is 11.3. The number of carbonyl (C=O) groups is 2. The van der Waals surface area contributed by atoms with Crippen LogP contribution in [0.1, 0.15) is 29.1 Å². The number of Topliss-reactive ketones (excluding diaryl/α,β-unsaturated/α-hetero) is 1. The fraction of sp³-hybridized carbons (Fsp3) is 0.333. The molecule has 0 aliphatic rings. The van der Waals surface area contributed by atoms with Gasteiger partial charge in [-0.05, 0) is 31.0 Å². The second-order valence-corrected chi connectivity index (χ2v) is 6.19. The van der Waals surface area contributed by atoms with E-state index in [0.717, 1.165) is 12.1 Å². The molecule has 0 radical (unpaired) electrons. The third-order valence-electron chi connectivity index (χ3n) is 3.40. The predicted molar refractivity (Wildman–Crippen MR) is 92.5 cm³/mol. The Labute approximate surface area is 150 Å². The van der Waals surface area contributed by atoms with Gasteiger partial charge >= 0.3 is 5.97 Å². The van der Waals surface area contributed by atoms with E-state index in [2.05, 4.69) is 4.98 Å². The normalized spacial score (nSPS) is 11.4. The Kier molecular flexibility index (Phi) is 6.66. The molecule has 0 aliphatic carbocycles. The first-order valence-corrected chi connectivity index (χ1v) is 8.63. The molecule has 2 rings (SSSR count). The number of carbonyl (C=O) groups excluding carboxylic acids is 2. The summed E-state index contributed by atoms with van der Waals surface area (Å²) in [7, 11) is 0. The van der Waals surface area contributed by atoms with Crippen molar-refractivity contribution in [3.8, 4) is 11.8 Å². The second-order valence-electron chi connectivity index (χ2n) is 5.30. The van der Waals surface area contributed by atoms with E-state index in [-0.39, 0.29) is 6.61 Å². The second kappa shape index (κ2) is 8.94. The van der Waals surface area contributed by atoms with Crippen LogP contribution >= 0.6 is 11.3 Å². The molecule has 0 aliphatic heterocycles. The van der Waals surface area contributed by atoms with Gasteiger partial charge in [0, 0.05) is 11.1 Å². The van der Waals surface area contributed by atoms with Gasteiger partial charge in [-0.2, -0.15) is 5.26 Å². The number of ketones is 1. The number of hydrogen-bond donors (Lipinski definition) is 0. The minimum absolute atomic E-state index is 0.299. The molecule has 0 spiro atoms. The number of ether oxygens (including phenoxy) is 2. The number of esters is 1. The van der Waals surface area contributed by atoms with Crippen molar-refractivity contribution in [3.63, 3.8) is 0 Å². The SMILES string of the molecule is CCc1ccc(OCC(=O)OCC(=O)[C@H](C#N)c2nc(C)cs2)cc1. The van der Waals surface area contributed by atoms with E-state index in [1.165, 1.54) is 16.9 Å². The van der Waals surface area contributed by atoms with E-state index in [9.17, 15) is 9.59 Å². The van der Waals surface area contributed by atoms with Crippen LogP contribution in [-0.2, 0) is 20.7 Å². The van der Waals surface area contributed by atoms with Gasteiger partial charge in [0.25, 0.3) is 0 Å². The Morgan fingerprint density at radius 1 is 1.28 bits per heavy atom. The molecular weight excluding hydrogens is 340 g/mol. The molecule has 0 unspecified atom stereocenters. The number of rotatable bonds is 8. The lowest BCUT2D eigenvalue weighted by Gasteiger charge is -2.08. The molecule has 6 nitrogen and oxygen atoms in total. The largest absolute Gasteiger partial charge is 0.482 e. The van der Waals surface area contributed by atoms with Gasteiger partial charge in [-0.1, -0.05) is 19.1 Å². The van der Waals surface area contributed by atoms with Crippen LogP contribution in [0.5, 0.6) is 5.75 Å². The summed E-state index contributed by atoms with van der Waals surface area (Å²) in [6.07, 6.45) is 0.920. The molecule has 25 heavy (non-hydrogen) atoms. The third-order valence-corrected chi connectivity index (χ3v) is 4.43. The first-order chi connectivity index (χ1) is 12.0. The lowest BCUT2D eigenvalue weighted by atomic mass is 10.1. The molecule has 130 valence electrons. The Morgan fingerprint density at radius 3 is 2.56 bits per heavy atom. The number of hydrogen-bond acceptors (Lipinski definition) is 7. The number of aromatic nitrogens is 1. The lowest BCUT2D eigenvalue weighted by molar-refractivity contribution is -0.150. The molecular formula is C18H18N2O4S. The van der Waals surface area contributed by atoms with Gasteiger partial charge in [-0.3, -0.25) is 4.79 Å². The maximum Gasteiger partial charge on any atom is 0.344 e. The van der Waals surface area contributed by atoms with Crippen LogP contribution in [0.2, 0.25) is 0 Å². The molecule has 1 atom stereocenters. The van der Waals surface area contributed by atoms with E-state index < -0.39 is 24.3 Å². The molecule has 0 bridgehead atoms. The monoisotopic (exact) mass is 358 g/mol. The standard InChI is InChI=1S/C18H18N2O4S/c1-3-13-4-6-14(7-5-13)23-10-17(22)24-9-16(21)15(8-19)18-20-12(2)11-25-18/h4-7,11,15H,3,9-10H2,1-2H3/t15-/m0/s1. The Morgan fingerprint density at radius 2 is 2.00 bits per heavy atom. The number of nitriles is 1. The first-order valence-electron chi connectivity index (χ1n) is 7.75. The smallest absolute Gasteiger partial charge is 0.344 e. The molecule has 1 aromatic heterocycles. The number of benzene rings is 1. The highest BCUT2D eigenvalue weighted by molar-refractivity contribution is 7.09. The zero-order valence-electron chi connectivity index (χ0n) is 14.0. The maximum absolute atomic E-state index is 12.1. The highest BCUT2D eigenvalue weighted by Gasteiger charge is 2.24. The summed E-state index contributed by atoms with van der Waals surface area (Å²) in [5.74, 6) is -1.64. The highest BCUT2D eigenvalue weighted by atomic mass is 32.1.